The Morgan fingerprint density at radius 3 is 2.50 bits per heavy atom. The predicted octanol–water partition coefficient (Wildman–Crippen LogP) is 1.38. The highest BCUT2D eigenvalue weighted by Gasteiger charge is 2.63. The van der Waals surface area contributed by atoms with Gasteiger partial charge in [0.2, 0.25) is 5.82 Å². The van der Waals surface area contributed by atoms with Crippen LogP contribution >= 0.6 is 0 Å². The van der Waals surface area contributed by atoms with E-state index in [1.54, 1.807) is 0 Å². The Bertz CT molecular complexity index is 413. The maximum absolute atomic E-state index is 12.9. The molecular weight excluding hydrogens is 265 g/mol. The average molecular weight is 273 g/mol. The van der Waals surface area contributed by atoms with E-state index in [0.717, 1.165) is 0 Å². The van der Waals surface area contributed by atoms with Gasteiger partial charge in [0, 0.05) is 13.1 Å². The lowest BCUT2D eigenvalue weighted by Gasteiger charge is -2.20. The second kappa shape index (κ2) is 4.43. The van der Waals surface area contributed by atoms with E-state index in [-0.39, 0.29) is 19.0 Å². The molecule has 1 N–H and O–H groups in total. The van der Waals surface area contributed by atoms with E-state index in [2.05, 4.69) is 20.0 Å². The quantitative estimate of drug-likeness (QED) is 0.825. The third kappa shape index (κ3) is 2.29. The first-order valence-corrected chi connectivity index (χ1v) is 4.93. The number of hydrogen-bond acceptors (Lipinski definition) is 5. The SMILES string of the molecule is FC(F)(F)C(F)(F)c1nc(C2CNCCO2)no1. The average Bonchev–Trinajstić information content (AvgIpc) is 2.78. The van der Waals surface area contributed by atoms with E-state index < -0.39 is 24.1 Å². The maximum Gasteiger partial charge on any atom is 0.463 e. The minimum atomic E-state index is -5.78. The number of alkyl halides is 5. The Morgan fingerprint density at radius 1 is 1.22 bits per heavy atom. The smallest absolute Gasteiger partial charge is 0.367 e. The molecule has 1 unspecified atom stereocenters. The molecule has 0 saturated carbocycles. The zero-order valence-electron chi connectivity index (χ0n) is 8.80. The van der Waals surface area contributed by atoms with Crippen LogP contribution in [0.5, 0.6) is 0 Å². The number of nitrogens with one attached hydrogen (secondary N) is 1. The molecule has 5 nitrogen and oxygen atoms in total. The van der Waals surface area contributed by atoms with Gasteiger partial charge in [0.05, 0.1) is 6.61 Å². The van der Waals surface area contributed by atoms with Crippen LogP contribution in [-0.4, -0.2) is 36.0 Å². The first-order valence-electron chi connectivity index (χ1n) is 4.93. The highest BCUT2D eigenvalue weighted by atomic mass is 19.4. The summed E-state index contributed by atoms with van der Waals surface area (Å²) in [5, 5.41) is 5.94. The maximum atomic E-state index is 12.9. The number of ether oxygens (including phenoxy) is 1. The lowest BCUT2D eigenvalue weighted by molar-refractivity contribution is -0.298. The summed E-state index contributed by atoms with van der Waals surface area (Å²) in [7, 11) is 0. The zero-order valence-corrected chi connectivity index (χ0v) is 8.80. The second-order valence-corrected chi connectivity index (χ2v) is 3.59. The molecule has 1 saturated heterocycles. The molecular formula is C8H8F5N3O2. The fourth-order valence-corrected chi connectivity index (χ4v) is 1.35. The minimum absolute atomic E-state index is 0.219. The molecule has 1 atom stereocenters. The van der Waals surface area contributed by atoms with Crippen molar-refractivity contribution in [1.29, 1.82) is 0 Å². The summed E-state index contributed by atoms with van der Waals surface area (Å²) in [5.74, 6) is -7.28. The molecule has 10 heteroatoms. The van der Waals surface area contributed by atoms with Crippen LogP contribution in [0.15, 0.2) is 4.52 Å². The van der Waals surface area contributed by atoms with Crippen LogP contribution in [0.2, 0.25) is 0 Å². The molecule has 2 rings (SSSR count). The molecule has 1 aliphatic heterocycles. The molecule has 1 fully saturated rings. The fourth-order valence-electron chi connectivity index (χ4n) is 1.35. The Balaban J connectivity index is 2.19. The molecule has 102 valence electrons. The summed E-state index contributed by atoms with van der Waals surface area (Å²) in [6.45, 7) is 1.06. The van der Waals surface area contributed by atoms with Gasteiger partial charge in [-0.2, -0.15) is 26.9 Å². The van der Waals surface area contributed by atoms with Crippen LogP contribution < -0.4 is 5.32 Å². The molecule has 0 aromatic carbocycles. The molecule has 1 aromatic heterocycles. The molecule has 0 radical (unpaired) electrons. The molecule has 0 spiro atoms. The molecule has 0 aliphatic carbocycles. The molecule has 2 heterocycles. The van der Waals surface area contributed by atoms with Crippen molar-refractivity contribution < 1.29 is 31.2 Å². The van der Waals surface area contributed by atoms with E-state index in [9.17, 15) is 22.0 Å². The molecule has 1 aliphatic rings. The van der Waals surface area contributed by atoms with Gasteiger partial charge >= 0.3 is 18.0 Å². The van der Waals surface area contributed by atoms with Crippen LogP contribution in [0, 0.1) is 0 Å². The van der Waals surface area contributed by atoms with E-state index in [0.29, 0.717) is 6.54 Å². The third-order valence-corrected chi connectivity index (χ3v) is 2.28. The molecule has 18 heavy (non-hydrogen) atoms. The zero-order chi connectivity index (χ0) is 13.4. The summed E-state index contributed by atoms with van der Waals surface area (Å²) in [6.07, 6.45) is -6.57. The van der Waals surface area contributed by atoms with Crippen LogP contribution in [0.4, 0.5) is 22.0 Å². The Hall–Kier alpha value is -1.29. The number of hydrogen-bond donors (Lipinski definition) is 1. The first kappa shape index (κ1) is 13.1. The summed E-state index contributed by atoms with van der Waals surface area (Å²) in [6, 6.07) is 0. The van der Waals surface area contributed by atoms with Crippen molar-refractivity contribution in [2.45, 2.75) is 18.2 Å². The van der Waals surface area contributed by atoms with Crippen molar-refractivity contribution >= 4 is 0 Å². The van der Waals surface area contributed by atoms with Crippen molar-refractivity contribution in [2.75, 3.05) is 19.7 Å². The highest BCUT2D eigenvalue weighted by molar-refractivity contribution is 5.00. The van der Waals surface area contributed by atoms with Gasteiger partial charge in [-0.25, -0.2) is 0 Å². The van der Waals surface area contributed by atoms with Crippen molar-refractivity contribution in [1.82, 2.24) is 15.5 Å². The van der Waals surface area contributed by atoms with E-state index in [1.807, 2.05) is 0 Å². The first-order chi connectivity index (χ1) is 8.32. The van der Waals surface area contributed by atoms with Crippen LogP contribution in [0.1, 0.15) is 17.8 Å². The number of morpholine rings is 1. The van der Waals surface area contributed by atoms with Crippen LogP contribution in [0.3, 0.4) is 0 Å². The Kier molecular flexibility index (Phi) is 3.23. The van der Waals surface area contributed by atoms with Gasteiger partial charge in [-0.15, -0.1) is 0 Å². The lowest BCUT2D eigenvalue weighted by atomic mass is 10.3. The van der Waals surface area contributed by atoms with E-state index >= 15 is 0 Å². The van der Waals surface area contributed by atoms with Crippen LogP contribution in [-0.2, 0) is 10.7 Å². The topological polar surface area (TPSA) is 60.2 Å². The lowest BCUT2D eigenvalue weighted by Crippen LogP contribution is -2.35. The van der Waals surface area contributed by atoms with Gasteiger partial charge < -0.3 is 14.6 Å². The summed E-state index contributed by atoms with van der Waals surface area (Å²) in [4.78, 5) is 3.06. The summed E-state index contributed by atoms with van der Waals surface area (Å²) in [5.41, 5.74) is 0. The van der Waals surface area contributed by atoms with Gasteiger partial charge in [0.25, 0.3) is 0 Å². The van der Waals surface area contributed by atoms with Gasteiger partial charge in [0.1, 0.15) is 6.10 Å². The number of aromatic nitrogens is 2. The van der Waals surface area contributed by atoms with Crippen LogP contribution in [0.25, 0.3) is 0 Å². The number of nitrogens with zero attached hydrogens (tertiary/aromatic N) is 2. The van der Waals surface area contributed by atoms with Gasteiger partial charge in [-0.05, 0) is 0 Å². The monoisotopic (exact) mass is 273 g/mol. The normalized spacial score (nSPS) is 22.2. The van der Waals surface area contributed by atoms with Crippen molar-refractivity contribution in [2.24, 2.45) is 0 Å². The Morgan fingerprint density at radius 2 is 1.94 bits per heavy atom. The number of halogens is 5. The highest BCUT2D eigenvalue weighted by Crippen LogP contribution is 2.43. The van der Waals surface area contributed by atoms with Crippen molar-refractivity contribution in [3.05, 3.63) is 11.7 Å². The largest absolute Gasteiger partial charge is 0.463 e. The molecule has 1 aromatic rings. The molecule has 0 bridgehead atoms. The summed E-state index contributed by atoms with van der Waals surface area (Å²) < 4.78 is 71.0. The number of rotatable bonds is 2. The van der Waals surface area contributed by atoms with Gasteiger partial charge in [-0.1, -0.05) is 5.16 Å². The second-order valence-electron chi connectivity index (χ2n) is 3.59. The van der Waals surface area contributed by atoms with E-state index in [4.69, 9.17) is 4.74 Å². The standard InChI is InChI=1S/C8H8F5N3O2/c9-7(10,8(11,12)13)6-15-5(16-18-6)4-3-14-1-2-17-4/h4,14H,1-3H2. The van der Waals surface area contributed by atoms with E-state index in [1.165, 1.54) is 0 Å². The minimum Gasteiger partial charge on any atom is -0.367 e. The predicted molar refractivity (Wildman–Crippen MR) is 45.8 cm³/mol. The van der Waals surface area contributed by atoms with Gasteiger partial charge in [0.15, 0.2) is 0 Å². The summed E-state index contributed by atoms with van der Waals surface area (Å²) >= 11 is 0. The van der Waals surface area contributed by atoms with Gasteiger partial charge in [-0.3, -0.25) is 0 Å². The van der Waals surface area contributed by atoms with Crippen molar-refractivity contribution in [3.63, 3.8) is 0 Å². The van der Waals surface area contributed by atoms with Crippen molar-refractivity contribution in [3.8, 4) is 0 Å². The third-order valence-electron chi connectivity index (χ3n) is 2.28. The Labute approximate surface area is 97.3 Å². The fraction of sp³-hybridized carbons (Fsp3) is 0.750. The molecule has 0 amide bonds.